The fraction of sp³-hybridized carbons (Fsp3) is 0.360. The number of amides is 3. The van der Waals surface area contributed by atoms with Gasteiger partial charge in [-0.2, -0.15) is 9.36 Å². The first-order valence-corrected chi connectivity index (χ1v) is 14.5. The van der Waals surface area contributed by atoms with Crippen LogP contribution in [0.25, 0.3) is 0 Å². The van der Waals surface area contributed by atoms with Crippen LogP contribution in [-0.2, 0) is 25.8 Å². The van der Waals surface area contributed by atoms with Crippen molar-refractivity contribution < 1.29 is 33.7 Å². The highest BCUT2D eigenvalue weighted by Crippen LogP contribution is 2.40. The number of rotatable bonds is 10. The summed E-state index contributed by atoms with van der Waals surface area (Å²) in [5, 5.41) is 18.2. The van der Waals surface area contributed by atoms with E-state index in [1.54, 1.807) is 41.2 Å². The molecular weight excluding hydrogens is 572 g/mol. The average Bonchev–Trinajstić information content (AvgIpc) is 3.63. The maximum atomic E-state index is 13.2. The molecule has 2 aliphatic heterocycles. The molecule has 2 aromatic heterocycles. The van der Waals surface area contributed by atoms with Gasteiger partial charge in [-0.25, -0.2) is 4.57 Å². The summed E-state index contributed by atoms with van der Waals surface area (Å²) < 4.78 is 5.82. The van der Waals surface area contributed by atoms with Crippen molar-refractivity contribution in [3.63, 3.8) is 0 Å². The molecule has 2 fully saturated rings. The number of nitrogens with one attached hydrogen (secondary N) is 1. The number of carboxylic acid groups (broad SMARTS) is 1. The number of carbonyl (C=O) groups is 4. The predicted molar refractivity (Wildman–Crippen MR) is 146 cm³/mol. The number of thioether (sulfide) groups is 1. The molecule has 41 heavy (non-hydrogen) atoms. The number of nitrogen functional groups attached to an aromatic ring is 1. The Balaban J connectivity index is 1.28. The molecule has 0 aromatic carbocycles. The second kappa shape index (κ2) is 12.1. The lowest BCUT2D eigenvalue weighted by Gasteiger charge is -2.50. The molecule has 14 nitrogen and oxygen atoms in total. The van der Waals surface area contributed by atoms with Gasteiger partial charge in [0.05, 0.1) is 17.2 Å². The molecule has 1 saturated heterocycles. The number of nitrogens with two attached hydrogens (primary N) is 2. The fourth-order valence-electron chi connectivity index (χ4n) is 4.67. The zero-order chi connectivity index (χ0) is 29.1. The second-order valence-corrected chi connectivity index (χ2v) is 11.4. The van der Waals surface area contributed by atoms with E-state index >= 15 is 0 Å². The standard InChI is InChI=1S/C25H26N8O6S2/c26-19(34)13-7-10-32(11-8-13)9-3-4-14-12-40-23-17(22(36)33(23)18(14)24(37)38)28-21(35)16(20-29-25(27)41-31-20)30-39-15-5-1-2-6-15/h3-4,7-8,10-11,15,17,23H,1-2,5-6,9,12H2,(H5-,26,27,28,29,31,34,35,37,38)/t17?,23-/m1/s1. The van der Waals surface area contributed by atoms with Crippen molar-refractivity contribution in [2.45, 2.75) is 49.7 Å². The lowest BCUT2D eigenvalue weighted by molar-refractivity contribution is -0.687. The quantitative estimate of drug-likeness (QED) is 0.129. The number of β-lactam (4-membered cyclic amide) rings is 1. The number of hydrogen-bond donors (Lipinski definition) is 3. The number of nitrogens with zero attached hydrogens (tertiary/aromatic N) is 5. The normalized spacial score (nSPS) is 21.1. The van der Waals surface area contributed by atoms with Gasteiger partial charge >= 0.3 is 0 Å². The van der Waals surface area contributed by atoms with E-state index in [1.807, 2.05) is 0 Å². The average molecular weight is 599 g/mol. The molecule has 1 unspecified atom stereocenters. The van der Waals surface area contributed by atoms with Gasteiger partial charge in [0, 0.05) is 29.4 Å². The molecule has 5 N–H and O–H groups in total. The van der Waals surface area contributed by atoms with Crippen molar-refractivity contribution in [1.29, 1.82) is 0 Å². The number of oxime groups is 1. The van der Waals surface area contributed by atoms with E-state index in [0.717, 1.165) is 42.1 Å². The minimum Gasteiger partial charge on any atom is -0.543 e. The number of anilines is 1. The minimum atomic E-state index is -1.50. The zero-order valence-corrected chi connectivity index (χ0v) is 23.2. The van der Waals surface area contributed by atoms with Gasteiger partial charge in [0.25, 0.3) is 11.8 Å². The Labute approximate surface area is 242 Å². The highest BCUT2D eigenvalue weighted by molar-refractivity contribution is 8.00. The van der Waals surface area contributed by atoms with E-state index in [2.05, 4.69) is 19.8 Å². The number of primary amides is 1. The lowest BCUT2D eigenvalue weighted by Crippen LogP contribution is -2.71. The first kappa shape index (κ1) is 28.2. The van der Waals surface area contributed by atoms with E-state index in [-0.39, 0.29) is 34.2 Å². The zero-order valence-electron chi connectivity index (χ0n) is 21.6. The number of pyridine rings is 1. The predicted octanol–water partition coefficient (Wildman–Crippen LogP) is -1.17. The summed E-state index contributed by atoms with van der Waals surface area (Å²) in [4.78, 5) is 60.3. The van der Waals surface area contributed by atoms with Crippen LogP contribution in [0.2, 0.25) is 0 Å². The van der Waals surface area contributed by atoms with Gasteiger partial charge in [-0.1, -0.05) is 11.2 Å². The molecular formula is C25H26N8O6S2. The highest BCUT2D eigenvalue weighted by Gasteiger charge is 2.53. The van der Waals surface area contributed by atoms with E-state index in [1.165, 1.54) is 11.8 Å². The van der Waals surface area contributed by atoms with Crippen LogP contribution in [0.4, 0.5) is 5.13 Å². The third-order valence-electron chi connectivity index (χ3n) is 6.75. The Morgan fingerprint density at radius 1 is 1.27 bits per heavy atom. The van der Waals surface area contributed by atoms with Crippen LogP contribution >= 0.6 is 23.3 Å². The van der Waals surface area contributed by atoms with Crippen LogP contribution in [0.1, 0.15) is 41.9 Å². The molecule has 16 heteroatoms. The summed E-state index contributed by atoms with van der Waals surface area (Å²) in [6, 6.07) is 2.15. The van der Waals surface area contributed by atoms with E-state index in [4.69, 9.17) is 16.3 Å². The molecule has 0 spiro atoms. The maximum Gasteiger partial charge on any atom is 0.278 e. The second-order valence-electron chi connectivity index (χ2n) is 9.48. The van der Waals surface area contributed by atoms with Crippen molar-refractivity contribution >= 4 is 57.8 Å². The minimum absolute atomic E-state index is 0.0206. The molecule has 3 amide bonds. The van der Waals surface area contributed by atoms with Crippen LogP contribution < -0.4 is 26.5 Å². The molecule has 1 saturated carbocycles. The molecule has 0 bridgehead atoms. The number of allylic oxidation sites excluding steroid dienone is 2. The van der Waals surface area contributed by atoms with Gasteiger partial charge in [0.15, 0.2) is 24.1 Å². The first-order chi connectivity index (χ1) is 19.7. The van der Waals surface area contributed by atoms with Gasteiger partial charge in [-0.05, 0) is 37.3 Å². The topological polar surface area (TPSA) is 210 Å². The van der Waals surface area contributed by atoms with E-state index in [9.17, 15) is 24.3 Å². The third-order valence-corrected chi connectivity index (χ3v) is 8.60. The molecule has 2 atom stereocenters. The van der Waals surface area contributed by atoms with Crippen molar-refractivity contribution in [1.82, 2.24) is 19.6 Å². The van der Waals surface area contributed by atoms with Crippen LogP contribution in [0, 0.1) is 0 Å². The van der Waals surface area contributed by atoms with Crippen molar-refractivity contribution in [3.05, 3.63) is 59.3 Å². The fourth-order valence-corrected chi connectivity index (χ4v) is 6.42. The molecule has 4 heterocycles. The maximum absolute atomic E-state index is 13.2. The summed E-state index contributed by atoms with van der Waals surface area (Å²) in [5.74, 6) is -3.12. The summed E-state index contributed by atoms with van der Waals surface area (Å²) >= 11 is 2.20. The number of carboxylic acids is 1. The Kier molecular flexibility index (Phi) is 8.30. The smallest absolute Gasteiger partial charge is 0.278 e. The summed E-state index contributed by atoms with van der Waals surface area (Å²) in [7, 11) is 0. The van der Waals surface area contributed by atoms with Crippen LogP contribution in [-0.4, -0.2) is 66.9 Å². The van der Waals surface area contributed by atoms with Gasteiger partial charge in [-0.15, -0.1) is 11.8 Å². The number of fused-ring (bicyclic) bond motifs is 1. The highest BCUT2D eigenvalue weighted by atomic mass is 32.2. The molecule has 3 aliphatic rings. The molecule has 214 valence electrons. The van der Waals surface area contributed by atoms with Crippen molar-refractivity contribution in [3.8, 4) is 0 Å². The van der Waals surface area contributed by atoms with Crippen molar-refractivity contribution in [2.24, 2.45) is 10.9 Å². The summed E-state index contributed by atoms with van der Waals surface area (Å²) in [6.07, 6.45) is 10.2. The Morgan fingerprint density at radius 3 is 2.63 bits per heavy atom. The Hall–Kier alpha value is -4.31. The first-order valence-electron chi connectivity index (χ1n) is 12.7. The molecule has 0 radical (unpaired) electrons. The van der Waals surface area contributed by atoms with Gasteiger partial charge in [-0.3, -0.25) is 19.3 Å². The third kappa shape index (κ3) is 6.07. The van der Waals surface area contributed by atoms with Crippen LogP contribution in [0.3, 0.4) is 0 Å². The number of hydrogen-bond acceptors (Lipinski definition) is 12. The monoisotopic (exact) mass is 598 g/mol. The largest absolute Gasteiger partial charge is 0.543 e. The molecule has 5 rings (SSSR count). The molecule has 1 aliphatic carbocycles. The van der Waals surface area contributed by atoms with Crippen LogP contribution in [0.15, 0.2) is 53.1 Å². The van der Waals surface area contributed by atoms with Crippen molar-refractivity contribution in [2.75, 3.05) is 11.5 Å². The van der Waals surface area contributed by atoms with Gasteiger partial charge < -0.3 is 31.5 Å². The van der Waals surface area contributed by atoms with Crippen LogP contribution in [0.5, 0.6) is 0 Å². The number of aliphatic carboxylic acids is 1. The Morgan fingerprint density at radius 2 is 2.00 bits per heavy atom. The number of carbonyl (C=O) groups excluding carboxylic acids is 4. The lowest BCUT2D eigenvalue weighted by atomic mass is 10.0. The SMILES string of the molecule is NC(=O)c1cc[n+](CC=CC2=C(C(=O)[O-])N3C(=O)C(NC(=O)C(=NOC4CCCC4)c4nsc(N)n4)[C@H]3SC2)cc1. The summed E-state index contributed by atoms with van der Waals surface area (Å²) in [6.45, 7) is 0.379. The van der Waals surface area contributed by atoms with E-state index < -0.39 is 35.1 Å². The van der Waals surface area contributed by atoms with Gasteiger partial charge in [0.2, 0.25) is 17.4 Å². The Bertz CT molecular complexity index is 1460. The number of aromatic nitrogens is 3. The van der Waals surface area contributed by atoms with E-state index in [0.29, 0.717) is 17.7 Å². The van der Waals surface area contributed by atoms with Gasteiger partial charge in [0.1, 0.15) is 17.5 Å². The summed E-state index contributed by atoms with van der Waals surface area (Å²) in [5.41, 5.74) is 11.2. The molecule has 2 aromatic rings.